The number of rotatable bonds is 3. The van der Waals surface area contributed by atoms with Crippen molar-refractivity contribution in [1.82, 2.24) is 4.98 Å². The van der Waals surface area contributed by atoms with E-state index >= 15 is 0 Å². The minimum atomic E-state index is -3.76. The second-order valence-corrected chi connectivity index (χ2v) is 7.20. The summed E-state index contributed by atoms with van der Waals surface area (Å²) >= 11 is 3.39. The molecule has 0 unspecified atom stereocenters. The zero-order chi connectivity index (χ0) is 14.0. The van der Waals surface area contributed by atoms with E-state index in [2.05, 4.69) is 20.9 Å². The molecule has 0 N–H and O–H groups in total. The smallest absolute Gasteiger partial charge is 0.262 e. The SMILES string of the molecule is Cc1cc(Oc2ccc(S(=O)(=O)Cl)cn2)ccc1Br. The second kappa shape index (κ2) is 5.48. The van der Waals surface area contributed by atoms with Gasteiger partial charge in [-0.25, -0.2) is 13.4 Å². The fraction of sp³-hybridized carbons (Fsp3) is 0.0833. The lowest BCUT2D eigenvalue weighted by Gasteiger charge is -2.06. The molecule has 0 saturated heterocycles. The van der Waals surface area contributed by atoms with Gasteiger partial charge in [0.25, 0.3) is 9.05 Å². The summed E-state index contributed by atoms with van der Waals surface area (Å²) in [4.78, 5) is 3.83. The highest BCUT2D eigenvalue weighted by Gasteiger charge is 2.10. The summed E-state index contributed by atoms with van der Waals surface area (Å²) in [6, 6.07) is 8.29. The van der Waals surface area contributed by atoms with E-state index < -0.39 is 9.05 Å². The quantitative estimate of drug-likeness (QED) is 0.778. The van der Waals surface area contributed by atoms with E-state index in [0.717, 1.165) is 16.2 Å². The normalized spacial score (nSPS) is 11.3. The maximum Gasteiger partial charge on any atom is 0.262 e. The lowest BCUT2D eigenvalue weighted by molar-refractivity contribution is 0.461. The van der Waals surface area contributed by atoms with Gasteiger partial charge in [0.1, 0.15) is 10.6 Å². The molecule has 0 aliphatic heterocycles. The van der Waals surface area contributed by atoms with E-state index in [1.807, 2.05) is 19.1 Å². The van der Waals surface area contributed by atoms with Crippen molar-refractivity contribution in [3.05, 3.63) is 46.6 Å². The first-order chi connectivity index (χ1) is 8.86. The minimum absolute atomic E-state index is 0.0616. The maximum absolute atomic E-state index is 11.1. The largest absolute Gasteiger partial charge is 0.439 e. The Morgan fingerprint density at radius 2 is 2.00 bits per heavy atom. The molecule has 0 radical (unpaired) electrons. The van der Waals surface area contributed by atoms with Crippen LogP contribution in [0, 0.1) is 6.92 Å². The van der Waals surface area contributed by atoms with Crippen molar-refractivity contribution in [1.29, 1.82) is 0 Å². The molecule has 2 aromatic rings. The number of hydrogen-bond acceptors (Lipinski definition) is 4. The molecule has 0 fully saturated rings. The Morgan fingerprint density at radius 1 is 1.26 bits per heavy atom. The zero-order valence-corrected chi connectivity index (χ0v) is 13.0. The van der Waals surface area contributed by atoms with Crippen LogP contribution < -0.4 is 4.74 Å². The molecular formula is C12H9BrClNO3S. The third-order valence-electron chi connectivity index (χ3n) is 2.34. The van der Waals surface area contributed by atoms with Gasteiger partial charge in [0.2, 0.25) is 5.88 Å². The van der Waals surface area contributed by atoms with Crippen molar-refractivity contribution in [3.8, 4) is 11.6 Å². The summed E-state index contributed by atoms with van der Waals surface area (Å²) in [5.41, 5.74) is 1.03. The molecule has 4 nitrogen and oxygen atoms in total. The summed E-state index contributed by atoms with van der Waals surface area (Å²) in [5, 5.41) is 0. The summed E-state index contributed by atoms with van der Waals surface area (Å²) in [6.45, 7) is 1.94. The molecule has 1 heterocycles. The van der Waals surface area contributed by atoms with Gasteiger partial charge in [-0.05, 0) is 36.8 Å². The number of benzene rings is 1. The van der Waals surface area contributed by atoms with Crippen LogP contribution in [0.5, 0.6) is 11.6 Å². The molecule has 19 heavy (non-hydrogen) atoms. The molecule has 0 atom stereocenters. The molecule has 100 valence electrons. The van der Waals surface area contributed by atoms with Crippen molar-refractivity contribution in [3.63, 3.8) is 0 Å². The van der Waals surface area contributed by atoms with E-state index in [1.165, 1.54) is 12.1 Å². The standard InChI is InChI=1S/C12H9BrClNO3S/c1-8-6-9(2-4-11(8)13)18-12-5-3-10(7-15-12)19(14,16)17/h2-7H,1H3. The predicted molar refractivity (Wildman–Crippen MR) is 76.2 cm³/mol. The first-order valence-corrected chi connectivity index (χ1v) is 8.31. The van der Waals surface area contributed by atoms with Crippen molar-refractivity contribution in [2.75, 3.05) is 0 Å². The van der Waals surface area contributed by atoms with E-state index in [-0.39, 0.29) is 4.90 Å². The van der Waals surface area contributed by atoms with E-state index in [1.54, 1.807) is 6.07 Å². The minimum Gasteiger partial charge on any atom is -0.439 e. The van der Waals surface area contributed by atoms with Gasteiger partial charge in [0.15, 0.2) is 0 Å². The number of halogens is 2. The average Bonchev–Trinajstić information content (AvgIpc) is 2.33. The van der Waals surface area contributed by atoms with Gasteiger partial charge < -0.3 is 4.74 Å². The molecule has 0 amide bonds. The van der Waals surface area contributed by atoms with E-state index in [9.17, 15) is 8.42 Å². The van der Waals surface area contributed by atoms with Crippen LogP contribution in [0.2, 0.25) is 0 Å². The number of aromatic nitrogens is 1. The van der Waals surface area contributed by atoms with Crippen LogP contribution in [0.1, 0.15) is 5.56 Å². The van der Waals surface area contributed by atoms with E-state index in [4.69, 9.17) is 15.4 Å². The molecule has 0 aliphatic carbocycles. The molecule has 1 aromatic carbocycles. The van der Waals surface area contributed by atoms with Crippen LogP contribution >= 0.6 is 26.6 Å². The number of aryl methyl sites for hydroxylation is 1. The summed E-state index contributed by atoms with van der Waals surface area (Å²) < 4.78 is 28.6. The Bertz CT molecular complexity index is 701. The second-order valence-electron chi connectivity index (χ2n) is 3.78. The fourth-order valence-corrected chi connectivity index (χ4v) is 2.30. The molecule has 1 aromatic heterocycles. The summed E-state index contributed by atoms with van der Waals surface area (Å²) in [6.07, 6.45) is 1.16. The van der Waals surface area contributed by atoms with Crippen LogP contribution in [0.15, 0.2) is 45.9 Å². The van der Waals surface area contributed by atoms with Gasteiger partial charge in [0, 0.05) is 21.2 Å². The predicted octanol–water partition coefficient (Wildman–Crippen LogP) is 3.87. The first-order valence-electron chi connectivity index (χ1n) is 5.21. The van der Waals surface area contributed by atoms with Crippen LogP contribution in [0.4, 0.5) is 0 Å². The maximum atomic E-state index is 11.1. The van der Waals surface area contributed by atoms with Gasteiger partial charge in [-0.3, -0.25) is 0 Å². The van der Waals surface area contributed by atoms with Crippen LogP contribution in [-0.4, -0.2) is 13.4 Å². The molecule has 7 heteroatoms. The third kappa shape index (κ3) is 3.68. The molecule has 0 aliphatic rings. The number of pyridine rings is 1. The molecule has 2 rings (SSSR count). The number of ether oxygens (including phenoxy) is 1. The molecule has 0 bridgehead atoms. The Morgan fingerprint density at radius 3 is 2.53 bits per heavy atom. The van der Waals surface area contributed by atoms with Crippen molar-refractivity contribution in [2.24, 2.45) is 0 Å². The number of nitrogens with zero attached hydrogens (tertiary/aromatic N) is 1. The Labute approximate surface area is 123 Å². The van der Waals surface area contributed by atoms with Crippen molar-refractivity contribution in [2.45, 2.75) is 11.8 Å². The average molecular weight is 363 g/mol. The first kappa shape index (κ1) is 14.3. The summed E-state index contributed by atoms with van der Waals surface area (Å²) in [7, 11) is 1.44. The Hall–Kier alpha value is -1.11. The molecular weight excluding hydrogens is 354 g/mol. The monoisotopic (exact) mass is 361 g/mol. The topological polar surface area (TPSA) is 56.3 Å². The lowest BCUT2D eigenvalue weighted by atomic mass is 10.2. The van der Waals surface area contributed by atoms with Gasteiger partial charge in [-0.1, -0.05) is 15.9 Å². The van der Waals surface area contributed by atoms with E-state index in [0.29, 0.717) is 11.6 Å². The highest BCUT2D eigenvalue weighted by Crippen LogP contribution is 2.25. The van der Waals surface area contributed by atoms with Gasteiger partial charge in [-0.15, -0.1) is 0 Å². The fourth-order valence-electron chi connectivity index (χ4n) is 1.37. The summed E-state index contributed by atoms with van der Waals surface area (Å²) in [5.74, 6) is 0.917. The highest BCUT2D eigenvalue weighted by molar-refractivity contribution is 9.10. The van der Waals surface area contributed by atoms with Crippen LogP contribution in [-0.2, 0) is 9.05 Å². The van der Waals surface area contributed by atoms with Crippen LogP contribution in [0.3, 0.4) is 0 Å². The van der Waals surface area contributed by atoms with Gasteiger partial charge in [-0.2, -0.15) is 0 Å². The van der Waals surface area contributed by atoms with Crippen molar-refractivity contribution < 1.29 is 13.2 Å². The zero-order valence-electron chi connectivity index (χ0n) is 9.80. The molecule has 0 saturated carbocycles. The van der Waals surface area contributed by atoms with Gasteiger partial charge in [0.05, 0.1) is 6.20 Å². The number of hydrogen-bond donors (Lipinski definition) is 0. The van der Waals surface area contributed by atoms with Gasteiger partial charge >= 0.3 is 0 Å². The highest BCUT2D eigenvalue weighted by atomic mass is 79.9. The van der Waals surface area contributed by atoms with Crippen molar-refractivity contribution >= 4 is 35.7 Å². The third-order valence-corrected chi connectivity index (χ3v) is 4.57. The van der Waals surface area contributed by atoms with Crippen LogP contribution in [0.25, 0.3) is 0 Å². The Kier molecular flexibility index (Phi) is 4.13. The Balaban J connectivity index is 2.22. The lowest BCUT2D eigenvalue weighted by Crippen LogP contribution is -1.93. The molecule has 0 spiro atoms.